The van der Waals surface area contributed by atoms with Crippen molar-refractivity contribution in [3.05, 3.63) is 46.2 Å². The summed E-state index contributed by atoms with van der Waals surface area (Å²) in [7, 11) is 1.52. The van der Waals surface area contributed by atoms with Crippen molar-refractivity contribution in [2.24, 2.45) is 5.73 Å². The Labute approximate surface area is 98.1 Å². The van der Waals surface area contributed by atoms with Gasteiger partial charge in [0.05, 0.1) is 13.2 Å². The van der Waals surface area contributed by atoms with Gasteiger partial charge in [0.1, 0.15) is 0 Å². The number of phenols is 1. The van der Waals surface area contributed by atoms with Crippen LogP contribution in [0.2, 0.25) is 0 Å². The second-order valence-corrected chi connectivity index (χ2v) is 4.40. The van der Waals surface area contributed by atoms with Crippen molar-refractivity contribution in [1.82, 2.24) is 0 Å². The lowest BCUT2D eigenvalue weighted by molar-refractivity contribution is 0.373. The molecule has 0 saturated heterocycles. The molecule has 2 aromatic rings. The van der Waals surface area contributed by atoms with Crippen LogP contribution in [0.25, 0.3) is 0 Å². The summed E-state index contributed by atoms with van der Waals surface area (Å²) in [6, 6.07) is 8.96. The summed E-state index contributed by atoms with van der Waals surface area (Å²) in [5.74, 6) is 0.578. The van der Waals surface area contributed by atoms with Crippen LogP contribution in [0.15, 0.2) is 35.7 Å². The van der Waals surface area contributed by atoms with Crippen LogP contribution < -0.4 is 10.5 Å². The zero-order chi connectivity index (χ0) is 11.5. The van der Waals surface area contributed by atoms with E-state index in [1.165, 1.54) is 7.11 Å². The van der Waals surface area contributed by atoms with Gasteiger partial charge in [0.15, 0.2) is 11.5 Å². The standard InChI is InChI=1S/C12H13NO2S/c1-15-10-7-8(4-5-9(10)14)12(13)11-3-2-6-16-11/h2-7,12,14H,13H2,1H3/t12-/m1/s1. The summed E-state index contributed by atoms with van der Waals surface area (Å²) >= 11 is 1.62. The Morgan fingerprint density at radius 1 is 1.38 bits per heavy atom. The maximum atomic E-state index is 9.48. The van der Waals surface area contributed by atoms with E-state index in [-0.39, 0.29) is 11.8 Å². The maximum Gasteiger partial charge on any atom is 0.160 e. The Bertz CT molecular complexity index is 468. The van der Waals surface area contributed by atoms with Crippen LogP contribution in [0.3, 0.4) is 0 Å². The van der Waals surface area contributed by atoms with Crippen LogP contribution in [-0.2, 0) is 0 Å². The van der Waals surface area contributed by atoms with Crippen molar-refractivity contribution in [2.45, 2.75) is 6.04 Å². The molecule has 0 aliphatic rings. The third-order valence-electron chi connectivity index (χ3n) is 2.41. The number of aromatic hydroxyl groups is 1. The van der Waals surface area contributed by atoms with Gasteiger partial charge in [-0.2, -0.15) is 0 Å². The highest BCUT2D eigenvalue weighted by Gasteiger charge is 2.12. The van der Waals surface area contributed by atoms with Gasteiger partial charge >= 0.3 is 0 Å². The van der Waals surface area contributed by atoms with E-state index in [1.807, 2.05) is 23.6 Å². The van der Waals surface area contributed by atoms with Gasteiger partial charge in [0, 0.05) is 4.88 Å². The molecule has 0 fully saturated rings. The highest BCUT2D eigenvalue weighted by molar-refractivity contribution is 7.10. The molecule has 16 heavy (non-hydrogen) atoms. The summed E-state index contributed by atoms with van der Waals surface area (Å²) < 4.78 is 5.05. The van der Waals surface area contributed by atoms with Gasteiger partial charge < -0.3 is 15.6 Å². The number of thiophene rings is 1. The van der Waals surface area contributed by atoms with E-state index in [0.717, 1.165) is 10.4 Å². The first-order valence-corrected chi connectivity index (χ1v) is 5.76. The number of hydrogen-bond donors (Lipinski definition) is 2. The molecule has 0 aliphatic heterocycles. The largest absolute Gasteiger partial charge is 0.504 e. The summed E-state index contributed by atoms with van der Waals surface area (Å²) in [6.07, 6.45) is 0. The van der Waals surface area contributed by atoms with Gasteiger partial charge in [-0.15, -0.1) is 11.3 Å². The van der Waals surface area contributed by atoms with Crippen LogP contribution in [0, 0.1) is 0 Å². The van der Waals surface area contributed by atoms with Crippen molar-refractivity contribution in [1.29, 1.82) is 0 Å². The maximum absolute atomic E-state index is 9.48. The van der Waals surface area contributed by atoms with Crippen molar-refractivity contribution < 1.29 is 9.84 Å². The fraction of sp³-hybridized carbons (Fsp3) is 0.167. The summed E-state index contributed by atoms with van der Waals surface area (Å²) in [4.78, 5) is 1.09. The lowest BCUT2D eigenvalue weighted by atomic mass is 10.1. The number of ether oxygens (including phenoxy) is 1. The Balaban J connectivity index is 2.34. The number of nitrogens with two attached hydrogens (primary N) is 1. The molecule has 1 atom stereocenters. The van der Waals surface area contributed by atoms with Gasteiger partial charge in [-0.3, -0.25) is 0 Å². The van der Waals surface area contributed by atoms with Crippen LogP contribution in [0.1, 0.15) is 16.5 Å². The molecule has 3 N–H and O–H groups in total. The second kappa shape index (κ2) is 4.55. The zero-order valence-corrected chi connectivity index (χ0v) is 9.70. The molecule has 84 valence electrons. The molecule has 0 bridgehead atoms. The molecule has 1 aromatic carbocycles. The topological polar surface area (TPSA) is 55.5 Å². The van der Waals surface area contributed by atoms with E-state index in [0.29, 0.717) is 5.75 Å². The highest BCUT2D eigenvalue weighted by Crippen LogP contribution is 2.31. The smallest absolute Gasteiger partial charge is 0.160 e. The third-order valence-corrected chi connectivity index (χ3v) is 3.37. The van der Waals surface area contributed by atoms with Crippen LogP contribution in [-0.4, -0.2) is 12.2 Å². The Morgan fingerprint density at radius 2 is 2.19 bits per heavy atom. The summed E-state index contributed by atoms with van der Waals surface area (Å²) in [6.45, 7) is 0. The van der Waals surface area contributed by atoms with Crippen molar-refractivity contribution in [2.75, 3.05) is 7.11 Å². The molecule has 3 nitrogen and oxygen atoms in total. The second-order valence-electron chi connectivity index (χ2n) is 3.42. The first-order valence-electron chi connectivity index (χ1n) is 4.88. The number of phenolic OH excluding ortho intramolecular Hbond substituents is 1. The normalized spacial score (nSPS) is 12.4. The Hall–Kier alpha value is -1.52. The number of hydrogen-bond acceptors (Lipinski definition) is 4. The average Bonchev–Trinajstić information content (AvgIpc) is 2.82. The monoisotopic (exact) mass is 235 g/mol. The molecule has 0 unspecified atom stereocenters. The minimum Gasteiger partial charge on any atom is -0.504 e. The summed E-state index contributed by atoms with van der Waals surface area (Å²) in [5.41, 5.74) is 7.04. The molecular weight excluding hydrogens is 222 g/mol. The molecule has 1 aromatic heterocycles. The Kier molecular flexibility index (Phi) is 3.12. The van der Waals surface area contributed by atoms with Crippen molar-refractivity contribution in [3.8, 4) is 11.5 Å². The first kappa shape index (κ1) is 11.0. The molecule has 4 heteroatoms. The molecular formula is C12H13NO2S. The van der Waals surface area contributed by atoms with Crippen molar-refractivity contribution >= 4 is 11.3 Å². The number of rotatable bonds is 3. The van der Waals surface area contributed by atoms with E-state index in [9.17, 15) is 5.11 Å². The van der Waals surface area contributed by atoms with Gasteiger partial charge in [-0.05, 0) is 29.1 Å². The lowest BCUT2D eigenvalue weighted by Gasteiger charge is -2.12. The predicted molar refractivity (Wildman–Crippen MR) is 65.0 cm³/mol. The molecule has 0 radical (unpaired) electrons. The van der Waals surface area contributed by atoms with E-state index in [4.69, 9.17) is 10.5 Å². The van der Waals surface area contributed by atoms with E-state index < -0.39 is 0 Å². The number of methoxy groups -OCH3 is 1. The van der Waals surface area contributed by atoms with Gasteiger partial charge in [0.25, 0.3) is 0 Å². The highest BCUT2D eigenvalue weighted by atomic mass is 32.1. The fourth-order valence-electron chi connectivity index (χ4n) is 1.52. The van der Waals surface area contributed by atoms with Crippen LogP contribution >= 0.6 is 11.3 Å². The SMILES string of the molecule is COc1cc([C@@H](N)c2cccs2)ccc1O. The van der Waals surface area contributed by atoms with Crippen LogP contribution in [0.5, 0.6) is 11.5 Å². The minimum absolute atomic E-state index is 0.129. The molecule has 0 amide bonds. The van der Waals surface area contributed by atoms with Gasteiger partial charge in [-0.25, -0.2) is 0 Å². The molecule has 0 saturated carbocycles. The summed E-state index contributed by atoms with van der Waals surface area (Å²) in [5, 5.41) is 11.5. The quantitative estimate of drug-likeness (QED) is 0.859. The third kappa shape index (κ3) is 2.03. The van der Waals surface area contributed by atoms with Gasteiger partial charge in [0.2, 0.25) is 0 Å². The average molecular weight is 235 g/mol. The predicted octanol–water partition coefficient (Wildman–Crippen LogP) is 2.51. The van der Waals surface area contributed by atoms with E-state index in [2.05, 4.69) is 0 Å². The first-order chi connectivity index (χ1) is 7.72. The molecule has 1 heterocycles. The lowest BCUT2D eigenvalue weighted by Crippen LogP contribution is -2.10. The van der Waals surface area contributed by atoms with Crippen molar-refractivity contribution in [3.63, 3.8) is 0 Å². The van der Waals surface area contributed by atoms with E-state index >= 15 is 0 Å². The van der Waals surface area contributed by atoms with E-state index in [1.54, 1.807) is 23.5 Å². The van der Waals surface area contributed by atoms with Crippen LogP contribution in [0.4, 0.5) is 0 Å². The fourth-order valence-corrected chi connectivity index (χ4v) is 2.27. The minimum atomic E-state index is -0.172. The Morgan fingerprint density at radius 3 is 2.81 bits per heavy atom. The molecule has 0 spiro atoms. The van der Waals surface area contributed by atoms with Gasteiger partial charge in [-0.1, -0.05) is 12.1 Å². The number of benzene rings is 1. The molecule has 2 rings (SSSR count). The zero-order valence-electron chi connectivity index (χ0n) is 8.88. The molecule has 0 aliphatic carbocycles.